The molecule has 1 saturated carbocycles. The van der Waals surface area contributed by atoms with Crippen molar-refractivity contribution in [2.24, 2.45) is 5.92 Å². The maximum atomic E-state index is 8.93. The van der Waals surface area contributed by atoms with Crippen LogP contribution in [0.3, 0.4) is 0 Å². The first-order chi connectivity index (χ1) is 8.26. The van der Waals surface area contributed by atoms with Gasteiger partial charge in [0.2, 0.25) is 0 Å². The van der Waals surface area contributed by atoms with Gasteiger partial charge in [0.1, 0.15) is 21.6 Å². The Morgan fingerprint density at radius 3 is 2.82 bits per heavy atom. The third-order valence-electron chi connectivity index (χ3n) is 3.23. The number of methoxy groups -OCH3 is 1. The smallest absolute Gasteiger partial charge is 0.177 e. The van der Waals surface area contributed by atoms with Gasteiger partial charge in [0.15, 0.2) is 5.75 Å². The summed E-state index contributed by atoms with van der Waals surface area (Å²) in [7, 11) is 1.58. The lowest BCUT2D eigenvalue weighted by Crippen LogP contribution is -2.10. The van der Waals surface area contributed by atoms with E-state index in [4.69, 9.17) is 15.7 Å². The number of ether oxygens (including phenoxy) is 1. The van der Waals surface area contributed by atoms with Crippen LogP contribution in [0.25, 0.3) is 0 Å². The van der Waals surface area contributed by atoms with Crippen molar-refractivity contribution < 1.29 is 4.74 Å². The number of hydrogen-bond acceptors (Lipinski definition) is 5. The molecule has 1 aromatic heterocycles. The third-order valence-corrected chi connectivity index (χ3v) is 4.28. The zero-order valence-electron chi connectivity index (χ0n) is 9.95. The molecule has 0 aromatic carbocycles. The van der Waals surface area contributed by atoms with E-state index >= 15 is 0 Å². The Kier molecular flexibility index (Phi) is 3.75. The standard InChI is InChI=1S/C12H17N3OS/c1-16-11-10(14)9(6-13)17-12(11)15-7-8-4-2-3-5-8/h8,15H,2-5,7,14H2,1H3. The van der Waals surface area contributed by atoms with Gasteiger partial charge in [-0.25, -0.2) is 0 Å². The Morgan fingerprint density at radius 2 is 2.24 bits per heavy atom. The molecule has 0 radical (unpaired) electrons. The normalized spacial score (nSPS) is 15.8. The number of nitrogens with two attached hydrogens (primary N) is 1. The minimum absolute atomic E-state index is 0.453. The molecule has 0 atom stereocenters. The molecular weight excluding hydrogens is 234 g/mol. The molecular formula is C12H17N3OS. The van der Waals surface area contributed by atoms with Crippen LogP contribution in [0.1, 0.15) is 30.6 Å². The van der Waals surface area contributed by atoms with E-state index in [1.807, 2.05) is 0 Å². The molecule has 0 saturated heterocycles. The van der Waals surface area contributed by atoms with E-state index in [0.29, 0.717) is 16.3 Å². The van der Waals surface area contributed by atoms with Gasteiger partial charge in [-0.3, -0.25) is 0 Å². The zero-order valence-corrected chi connectivity index (χ0v) is 10.8. The van der Waals surface area contributed by atoms with Crippen LogP contribution in [-0.2, 0) is 0 Å². The van der Waals surface area contributed by atoms with E-state index in [9.17, 15) is 0 Å². The van der Waals surface area contributed by atoms with Gasteiger partial charge in [-0.15, -0.1) is 11.3 Å². The maximum Gasteiger partial charge on any atom is 0.177 e. The fourth-order valence-corrected chi connectivity index (χ4v) is 3.18. The molecule has 1 heterocycles. The molecule has 5 heteroatoms. The Hall–Kier alpha value is -1.41. The van der Waals surface area contributed by atoms with Crippen LogP contribution in [0.15, 0.2) is 0 Å². The second-order valence-corrected chi connectivity index (χ2v) is 5.37. The predicted molar refractivity (Wildman–Crippen MR) is 70.4 cm³/mol. The van der Waals surface area contributed by atoms with Crippen molar-refractivity contribution in [3.8, 4) is 11.8 Å². The van der Waals surface area contributed by atoms with Crippen molar-refractivity contribution in [1.29, 1.82) is 5.26 Å². The van der Waals surface area contributed by atoms with Crippen LogP contribution >= 0.6 is 11.3 Å². The summed E-state index contributed by atoms with van der Waals surface area (Å²) in [6.45, 7) is 0.946. The van der Waals surface area contributed by atoms with E-state index < -0.39 is 0 Å². The van der Waals surface area contributed by atoms with Gasteiger partial charge in [0.25, 0.3) is 0 Å². The lowest BCUT2D eigenvalue weighted by Gasteiger charge is -2.11. The number of anilines is 2. The van der Waals surface area contributed by atoms with E-state index in [1.54, 1.807) is 7.11 Å². The number of thiophene rings is 1. The lowest BCUT2D eigenvalue weighted by atomic mass is 10.1. The van der Waals surface area contributed by atoms with Gasteiger partial charge in [-0.2, -0.15) is 5.26 Å². The van der Waals surface area contributed by atoms with Crippen molar-refractivity contribution >= 4 is 22.0 Å². The highest BCUT2D eigenvalue weighted by Gasteiger charge is 2.19. The van der Waals surface area contributed by atoms with Crippen LogP contribution in [0.5, 0.6) is 5.75 Å². The lowest BCUT2D eigenvalue weighted by molar-refractivity contribution is 0.419. The molecule has 1 fully saturated rings. The summed E-state index contributed by atoms with van der Waals surface area (Å²) in [6, 6.07) is 2.09. The van der Waals surface area contributed by atoms with Crippen LogP contribution in [0.2, 0.25) is 0 Å². The van der Waals surface area contributed by atoms with Crippen LogP contribution in [0.4, 0.5) is 10.7 Å². The fourth-order valence-electron chi connectivity index (χ4n) is 2.28. The Labute approximate surface area is 105 Å². The average molecular weight is 251 g/mol. The van der Waals surface area contributed by atoms with Gasteiger partial charge < -0.3 is 15.8 Å². The first-order valence-corrected chi connectivity index (χ1v) is 6.68. The van der Waals surface area contributed by atoms with Crippen molar-refractivity contribution in [2.45, 2.75) is 25.7 Å². The van der Waals surface area contributed by atoms with E-state index in [2.05, 4.69) is 11.4 Å². The summed E-state index contributed by atoms with van der Waals surface area (Å²) in [6.07, 6.45) is 5.25. The Bertz CT molecular complexity index is 430. The van der Waals surface area contributed by atoms with Crippen LogP contribution < -0.4 is 15.8 Å². The highest BCUT2D eigenvalue weighted by molar-refractivity contribution is 7.17. The van der Waals surface area contributed by atoms with E-state index in [1.165, 1.54) is 37.0 Å². The topological polar surface area (TPSA) is 71.1 Å². The van der Waals surface area contributed by atoms with Gasteiger partial charge in [0.05, 0.1) is 7.11 Å². The number of hydrogen-bond donors (Lipinski definition) is 2. The molecule has 1 aliphatic rings. The number of nitrogens with zero attached hydrogens (tertiary/aromatic N) is 1. The molecule has 0 bridgehead atoms. The second-order valence-electron chi connectivity index (χ2n) is 4.35. The Morgan fingerprint density at radius 1 is 1.53 bits per heavy atom. The van der Waals surface area contributed by atoms with Crippen molar-refractivity contribution in [1.82, 2.24) is 0 Å². The van der Waals surface area contributed by atoms with Crippen LogP contribution in [-0.4, -0.2) is 13.7 Å². The number of nitrogens with one attached hydrogen (secondary N) is 1. The molecule has 0 amide bonds. The molecule has 17 heavy (non-hydrogen) atoms. The highest BCUT2D eigenvalue weighted by Crippen LogP contribution is 2.42. The van der Waals surface area contributed by atoms with Gasteiger partial charge in [-0.1, -0.05) is 12.8 Å². The molecule has 0 unspecified atom stereocenters. The van der Waals surface area contributed by atoms with Crippen molar-refractivity contribution in [3.63, 3.8) is 0 Å². The SMILES string of the molecule is COc1c(NCC2CCCC2)sc(C#N)c1N. The largest absolute Gasteiger partial charge is 0.492 e. The summed E-state index contributed by atoms with van der Waals surface area (Å²) >= 11 is 1.37. The van der Waals surface area contributed by atoms with E-state index in [0.717, 1.165) is 17.5 Å². The third kappa shape index (κ3) is 2.47. The minimum atomic E-state index is 0.453. The van der Waals surface area contributed by atoms with E-state index in [-0.39, 0.29) is 0 Å². The monoisotopic (exact) mass is 251 g/mol. The molecule has 3 N–H and O–H groups in total. The average Bonchev–Trinajstić information content (AvgIpc) is 2.94. The highest BCUT2D eigenvalue weighted by atomic mass is 32.1. The van der Waals surface area contributed by atoms with Gasteiger partial charge in [-0.05, 0) is 18.8 Å². The van der Waals surface area contributed by atoms with Gasteiger partial charge >= 0.3 is 0 Å². The molecule has 2 rings (SSSR count). The predicted octanol–water partition coefficient (Wildman–Crippen LogP) is 2.81. The zero-order chi connectivity index (χ0) is 12.3. The molecule has 1 aliphatic carbocycles. The summed E-state index contributed by atoms with van der Waals surface area (Å²) in [5.74, 6) is 1.36. The fraction of sp³-hybridized carbons (Fsp3) is 0.583. The summed E-state index contributed by atoms with van der Waals surface area (Å²) in [5.41, 5.74) is 6.28. The molecule has 92 valence electrons. The number of nitriles is 1. The Balaban J connectivity index is 2.06. The van der Waals surface area contributed by atoms with Crippen molar-refractivity contribution in [3.05, 3.63) is 4.88 Å². The van der Waals surface area contributed by atoms with Crippen molar-refractivity contribution in [2.75, 3.05) is 24.7 Å². The quantitative estimate of drug-likeness (QED) is 0.863. The molecule has 1 aromatic rings. The molecule has 4 nitrogen and oxygen atoms in total. The van der Waals surface area contributed by atoms with Gasteiger partial charge in [0, 0.05) is 6.54 Å². The number of rotatable bonds is 4. The molecule has 0 aliphatic heterocycles. The summed E-state index contributed by atoms with van der Waals surface area (Å²) in [5, 5.41) is 13.2. The maximum absolute atomic E-state index is 8.93. The molecule has 0 spiro atoms. The van der Waals surface area contributed by atoms with Crippen LogP contribution in [0, 0.1) is 17.2 Å². The minimum Gasteiger partial charge on any atom is -0.492 e. The summed E-state index contributed by atoms with van der Waals surface area (Å²) in [4.78, 5) is 0.524. The number of nitrogen functional groups attached to an aromatic ring is 1. The second kappa shape index (κ2) is 5.28. The first-order valence-electron chi connectivity index (χ1n) is 5.86. The summed E-state index contributed by atoms with van der Waals surface area (Å²) < 4.78 is 5.25. The first kappa shape index (κ1) is 12.1.